The molecule has 1 aliphatic rings. The molecule has 0 saturated heterocycles. The summed E-state index contributed by atoms with van der Waals surface area (Å²) in [6.45, 7) is 1.52. The van der Waals surface area contributed by atoms with Crippen LogP contribution in [-0.2, 0) is 15.2 Å². The first-order valence-electron chi connectivity index (χ1n) is 8.72. The van der Waals surface area contributed by atoms with Crippen LogP contribution in [0.25, 0.3) is 0 Å². The van der Waals surface area contributed by atoms with Gasteiger partial charge in [0.2, 0.25) is 0 Å². The monoisotopic (exact) mass is 478 g/mol. The standard InChI is InChI=1S/C20H16Cl3F3N2O2/c1-11(29)10-28(2)18-5-12(3-4-16(18)23)17-9-19(30-27-17,20(24,25)26)13-6-14(21)8-15(22)7-13/h3-8H,9-10H2,1-2H3. The Morgan fingerprint density at radius 2 is 1.80 bits per heavy atom. The third kappa shape index (κ3) is 4.38. The Balaban J connectivity index is 2.00. The van der Waals surface area contributed by atoms with Crippen LogP contribution in [0.3, 0.4) is 0 Å². The highest BCUT2D eigenvalue weighted by atomic mass is 35.5. The van der Waals surface area contributed by atoms with Gasteiger partial charge in [0.05, 0.1) is 23.0 Å². The first-order chi connectivity index (χ1) is 13.9. The average molecular weight is 480 g/mol. The number of Topliss-reactive ketones (excluding diaryl/α,β-unsaturated/α-hetero) is 1. The van der Waals surface area contributed by atoms with E-state index in [1.54, 1.807) is 24.1 Å². The Morgan fingerprint density at radius 3 is 2.37 bits per heavy atom. The second kappa shape index (κ2) is 8.29. The summed E-state index contributed by atoms with van der Waals surface area (Å²) in [6, 6.07) is 8.32. The van der Waals surface area contributed by atoms with Crippen LogP contribution in [0.2, 0.25) is 15.1 Å². The molecule has 0 N–H and O–H groups in total. The van der Waals surface area contributed by atoms with Crippen LogP contribution in [-0.4, -0.2) is 31.3 Å². The molecule has 10 heteroatoms. The molecule has 3 rings (SSSR count). The summed E-state index contributed by atoms with van der Waals surface area (Å²) in [4.78, 5) is 18.0. The summed E-state index contributed by atoms with van der Waals surface area (Å²) in [5.41, 5.74) is -2.00. The Morgan fingerprint density at radius 1 is 1.17 bits per heavy atom. The zero-order valence-corrected chi connectivity index (χ0v) is 18.1. The van der Waals surface area contributed by atoms with E-state index in [4.69, 9.17) is 39.6 Å². The molecular formula is C20H16Cl3F3N2O2. The molecule has 2 aromatic carbocycles. The number of likely N-dealkylation sites (N-methyl/N-ethyl adjacent to an activating group) is 1. The fourth-order valence-corrected chi connectivity index (χ4v) is 4.04. The molecule has 0 amide bonds. The molecule has 1 unspecified atom stereocenters. The van der Waals surface area contributed by atoms with Crippen molar-refractivity contribution in [3.05, 3.63) is 62.6 Å². The number of rotatable bonds is 5. The molecule has 0 fully saturated rings. The van der Waals surface area contributed by atoms with Gasteiger partial charge in [0.25, 0.3) is 5.60 Å². The number of hydrogen-bond acceptors (Lipinski definition) is 4. The van der Waals surface area contributed by atoms with E-state index in [2.05, 4.69) is 5.16 Å². The van der Waals surface area contributed by atoms with Crippen LogP contribution in [0, 0.1) is 0 Å². The van der Waals surface area contributed by atoms with E-state index in [-0.39, 0.29) is 33.6 Å². The minimum Gasteiger partial charge on any atom is -0.374 e. The first kappa shape index (κ1) is 22.7. The largest absolute Gasteiger partial charge is 0.435 e. The highest BCUT2D eigenvalue weighted by Gasteiger charge is 2.62. The molecular weight excluding hydrogens is 464 g/mol. The van der Waals surface area contributed by atoms with E-state index in [0.29, 0.717) is 16.3 Å². The van der Waals surface area contributed by atoms with E-state index in [0.717, 1.165) is 12.1 Å². The van der Waals surface area contributed by atoms with Crippen molar-refractivity contribution in [3.63, 3.8) is 0 Å². The molecule has 0 aliphatic carbocycles. The number of carbonyl (C=O) groups is 1. The van der Waals surface area contributed by atoms with Crippen molar-refractivity contribution in [3.8, 4) is 0 Å². The summed E-state index contributed by atoms with van der Waals surface area (Å²) in [5, 5.41) is 4.19. The van der Waals surface area contributed by atoms with Crippen LogP contribution in [0.1, 0.15) is 24.5 Å². The number of oxime groups is 1. The Bertz CT molecular complexity index is 1010. The van der Waals surface area contributed by atoms with Crippen LogP contribution < -0.4 is 4.90 Å². The molecule has 0 saturated carbocycles. The molecule has 0 radical (unpaired) electrons. The number of carbonyl (C=O) groups excluding carboxylic acids is 1. The van der Waals surface area contributed by atoms with Gasteiger partial charge in [-0.1, -0.05) is 46.0 Å². The summed E-state index contributed by atoms with van der Waals surface area (Å²) >= 11 is 18.0. The minimum atomic E-state index is -4.78. The molecule has 30 heavy (non-hydrogen) atoms. The van der Waals surface area contributed by atoms with E-state index < -0.39 is 18.2 Å². The Labute approximate surface area is 186 Å². The zero-order chi connectivity index (χ0) is 22.3. The second-order valence-electron chi connectivity index (χ2n) is 7.01. The highest BCUT2D eigenvalue weighted by molar-refractivity contribution is 6.34. The van der Waals surface area contributed by atoms with E-state index >= 15 is 0 Å². The molecule has 0 bridgehead atoms. The van der Waals surface area contributed by atoms with Gasteiger partial charge in [-0.15, -0.1) is 0 Å². The fourth-order valence-electron chi connectivity index (χ4n) is 3.25. The van der Waals surface area contributed by atoms with Crippen molar-refractivity contribution in [2.45, 2.75) is 25.1 Å². The van der Waals surface area contributed by atoms with E-state index in [1.165, 1.54) is 19.1 Å². The number of nitrogens with zero attached hydrogens (tertiary/aromatic N) is 2. The maximum atomic E-state index is 14.1. The predicted octanol–water partition coefficient (Wildman–Crippen LogP) is 6.25. The molecule has 1 aliphatic heterocycles. The lowest BCUT2D eigenvalue weighted by molar-refractivity contribution is -0.275. The third-order valence-electron chi connectivity index (χ3n) is 4.67. The summed E-state index contributed by atoms with van der Waals surface area (Å²) in [7, 11) is 1.66. The van der Waals surface area contributed by atoms with Crippen molar-refractivity contribution in [2.75, 3.05) is 18.5 Å². The lowest BCUT2D eigenvalue weighted by Crippen LogP contribution is -2.42. The molecule has 0 aromatic heterocycles. The molecule has 0 spiro atoms. The lowest BCUT2D eigenvalue weighted by Gasteiger charge is -2.29. The maximum Gasteiger partial charge on any atom is 0.435 e. The van der Waals surface area contributed by atoms with Gasteiger partial charge in [-0.25, -0.2) is 0 Å². The Kier molecular flexibility index (Phi) is 6.28. The molecule has 1 atom stereocenters. The van der Waals surface area contributed by atoms with Gasteiger partial charge in [0.15, 0.2) is 0 Å². The average Bonchev–Trinajstić information content (AvgIpc) is 3.07. The van der Waals surface area contributed by atoms with Gasteiger partial charge >= 0.3 is 6.18 Å². The molecule has 4 nitrogen and oxygen atoms in total. The first-order valence-corrected chi connectivity index (χ1v) is 9.85. The summed E-state index contributed by atoms with van der Waals surface area (Å²) in [5.74, 6) is -0.0885. The zero-order valence-electron chi connectivity index (χ0n) is 15.9. The van der Waals surface area contributed by atoms with Crippen LogP contribution in [0.5, 0.6) is 0 Å². The van der Waals surface area contributed by atoms with Crippen molar-refractivity contribution >= 4 is 52.0 Å². The van der Waals surface area contributed by atoms with Gasteiger partial charge < -0.3 is 9.74 Å². The number of hydrogen-bond donors (Lipinski definition) is 0. The molecule has 2 aromatic rings. The predicted molar refractivity (Wildman–Crippen MR) is 112 cm³/mol. The summed E-state index contributed by atoms with van der Waals surface area (Å²) < 4.78 is 42.4. The van der Waals surface area contributed by atoms with Gasteiger partial charge in [-0.05, 0) is 37.3 Å². The number of halogens is 6. The van der Waals surface area contributed by atoms with E-state index in [1.807, 2.05) is 0 Å². The third-order valence-corrected chi connectivity index (χ3v) is 5.42. The normalized spacial score (nSPS) is 18.7. The van der Waals surface area contributed by atoms with Gasteiger partial charge in [0, 0.05) is 34.6 Å². The van der Waals surface area contributed by atoms with Crippen LogP contribution in [0.4, 0.5) is 18.9 Å². The highest BCUT2D eigenvalue weighted by Crippen LogP contribution is 2.50. The number of benzene rings is 2. The van der Waals surface area contributed by atoms with Crippen molar-refractivity contribution in [2.24, 2.45) is 5.16 Å². The second-order valence-corrected chi connectivity index (χ2v) is 8.29. The van der Waals surface area contributed by atoms with Gasteiger partial charge in [-0.3, -0.25) is 4.79 Å². The van der Waals surface area contributed by atoms with Crippen molar-refractivity contribution < 1.29 is 22.8 Å². The Hall–Kier alpha value is -1.96. The van der Waals surface area contributed by atoms with Gasteiger partial charge in [-0.2, -0.15) is 13.2 Å². The number of alkyl halides is 3. The fraction of sp³-hybridized carbons (Fsp3) is 0.300. The van der Waals surface area contributed by atoms with Gasteiger partial charge in [0.1, 0.15) is 5.78 Å². The number of ketones is 1. The van der Waals surface area contributed by atoms with Crippen LogP contribution in [0.15, 0.2) is 41.6 Å². The maximum absolute atomic E-state index is 14.1. The van der Waals surface area contributed by atoms with Crippen LogP contribution >= 0.6 is 34.8 Å². The van der Waals surface area contributed by atoms with Crippen molar-refractivity contribution in [1.29, 1.82) is 0 Å². The minimum absolute atomic E-state index is 0.0535. The topological polar surface area (TPSA) is 41.9 Å². The smallest absolute Gasteiger partial charge is 0.374 e. The quantitative estimate of drug-likeness (QED) is 0.509. The number of anilines is 1. The van der Waals surface area contributed by atoms with E-state index in [9.17, 15) is 18.0 Å². The SMILES string of the molecule is CC(=O)CN(C)c1cc(C2=NOC(c3cc(Cl)cc(Cl)c3)(C(F)(F)F)C2)ccc1Cl. The molecule has 160 valence electrons. The van der Waals surface area contributed by atoms with Crippen molar-refractivity contribution in [1.82, 2.24) is 0 Å². The summed E-state index contributed by atoms with van der Waals surface area (Å²) in [6.07, 6.45) is -5.36. The lowest BCUT2D eigenvalue weighted by atomic mass is 9.86. The molecule has 1 heterocycles.